The molecule has 13 heavy (non-hydrogen) atoms. The Morgan fingerprint density at radius 3 is 2.92 bits per heavy atom. The highest BCUT2D eigenvalue weighted by atomic mass is 127. The van der Waals surface area contributed by atoms with Crippen LogP contribution in [0.3, 0.4) is 0 Å². The molecule has 0 saturated carbocycles. The molecule has 0 aromatic heterocycles. The Morgan fingerprint density at radius 2 is 2.31 bits per heavy atom. The molecule has 1 aromatic rings. The van der Waals surface area contributed by atoms with Crippen LogP contribution >= 0.6 is 22.6 Å². The van der Waals surface area contributed by atoms with E-state index >= 15 is 0 Å². The maximum Gasteiger partial charge on any atom is 0.293 e. The van der Waals surface area contributed by atoms with Crippen molar-refractivity contribution in [3.8, 4) is 5.75 Å². The molecule has 0 heterocycles. The van der Waals surface area contributed by atoms with Crippen molar-refractivity contribution in [1.82, 2.24) is 0 Å². The number of carbonyl (C=O) groups excluding carboxylic acids is 1. The summed E-state index contributed by atoms with van der Waals surface area (Å²) in [5.74, 6) is 0.738. The summed E-state index contributed by atoms with van der Waals surface area (Å²) in [4.78, 5) is 10.00. The summed E-state index contributed by atoms with van der Waals surface area (Å²) in [5, 5.41) is 0. The second-order valence-electron chi connectivity index (χ2n) is 2.36. The van der Waals surface area contributed by atoms with Crippen molar-refractivity contribution in [2.24, 2.45) is 0 Å². The molecule has 0 spiro atoms. The van der Waals surface area contributed by atoms with Crippen LogP contribution in [0.2, 0.25) is 0 Å². The minimum Gasteiger partial charge on any atom is -0.496 e. The summed E-state index contributed by atoms with van der Waals surface area (Å²) in [6, 6.07) is 5.71. The fraction of sp³-hybridized carbons (Fsp3) is 0.222. The van der Waals surface area contributed by atoms with E-state index in [4.69, 9.17) is 4.74 Å². The molecule has 0 amide bonds. The molecule has 0 fully saturated rings. The Labute approximate surface area is 90.2 Å². The van der Waals surface area contributed by atoms with Crippen LogP contribution in [0.4, 0.5) is 0 Å². The first kappa shape index (κ1) is 10.3. The first-order chi connectivity index (χ1) is 6.27. The molecule has 0 radical (unpaired) electrons. The van der Waals surface area contributed by atoms with Gasteiger partial charge in [0.2, 0.25) is 0 Å². The van der Waals surface area contributed by atoms with E-state index in [1.54, 1.807) is 7.11 Å². The minimum absolute atomic E-state index is 0.253. The van der Waals surface area contributed by atoms with Gasteiger partial charge < -0.3 is 9.47 Å². The quantitative estimate of drug-likeness (QED) is 0.629. The number of hydrogen-bond donors (Lipinski definition) is 0. The van der Waals surface area contributed by atoms with Crippen molar-refractivity contribution >= 4 is 29.1 Å². The van der Waals surface area contributed by atoms with Gasteiger partial charge in [-0.3, -0.25) is 4.79 Å². The summed E-state index contributed by atoms with van der Waals surface area (Å²) in [5.41, 5.74) is 0.876. The largest absolute Gasteiger partial charge is 0.496 e. The van der Waals surface area contributed by atoms with Crippen molar-refractivity contribution in [1.29, 1.82) is 0 Å². The van der Waals surface area contributed by atoms with E-state index in [0.29, 0.717) is 6.47 Å². The van der Waals surface area contributed by atoms with Gasteiger partial charge in [0.25, 0.3) is 6.47 Å². The van der Waals surface area contributed by atoms with Gasteiger partial charge in [0, 0.05) is 9.13 Å². The lowest BCUT2D eigenvalue weighted by molar-refractivity contribution is -0.129. The second kappa shape index (κ2) is 5.06. The molecule has 0 unspecified atom stereocenters. The first-order valence-electron chi connectivity index (χ1n) is 3.65. The summed E-state index contributed by atoms with van der Waals surface area (Å²) in [6.45, 7) is 0.683. The van der Waals surface area contributed by atoms with Crippen LogP contribution in [0.5, 0.6) is 5.75 Å². The van der Waals surface area contributed by atoms with Crippen LogP contribution in [-0.2, 0) is 16.1 Å². The molecule has 0 aliphatic carbocycles. The zero-order chi connectivity index (χ0) is 9.68. The lowest BCUT2D eigenvalue weighted by atomic mass is 10.2. The molecule has 0 bridgehead atoms. The highest BCUT2D eigenvalue weighted by Crippen LogP contribution is 2.21. The van der Waals surface area contributed by atoms with Crippen LogP contribution in [0.15, 0.2) is 18.2 Å². The highest BCUT2D eigenvalue weighted by molar-refractivity contribution is 14.1. The fourth-order valence-corrected chi connectivity index (χ4v) is 1.54. The third-order valence-corrected chi connectivity index (χ3v) is 2.22. The van der Waals surface area contributed by atoms with Crippen molar-refractivity contribution in [2.45, 2.75) is 6.61 Å². The van der Waals surface area contributed by atoms with Crippen molar-refractivity contribution in [3.63, 3.8) is 0 Å². The Bertz CT molecular complexity index is 299. The monoisotopic (exact) mass is 292 g/mol. The second-order valence-corrected chi connectivity index (χ2v) is 3.61. The van der Waals surface area contributed by atoms with Crippen molar-refractivity contribution < 1.29 is 14.3 Å². The van der Waals surface area contributed by atoms with Crippen LogP contribution in [0.1, 0.15) is 5.56 Å². The lowest BCUT2D eigenvalue weighted by Crippen LogP contribution is -1.95. The van der Waals surface area contributed by atoms with E-state index in [-0.39, 0.29) is 6.61 Å². The van der Waals surface area contributed by atoms with Crippen LogP contribution in [0.25, 0.3) is 0 Å². The number of carbonyl (C=O) groups is 1. The van der Waals surface area contributed by atoms with Gasteiger partial charge in [0.15, 0.2) is 0 Å². The Kier molecular flexibility index (Phi) is 4.01. The number of ether oxygens (including phenoxy) is 2. The molecule has 0 atom stereocenters. The molecule has 0 N–H and O–H groups in total. The van der Waals surface area contributed by atoms with E-state index in [1.165, 1.54) is 0 Å². The smallest absolute Gasteiger partial charge is 0.293 e. The summed E-state index contributed by atoms with van der Waals surface area (Å²) in [6.07, 6.45) is 0. The van der Waals surface area contributed by atoms with Crippen molar-refractivity contribution in [3.05, 3.63) is 27.3 Å². The predicted octanol–water partition coefficient (Wildman–Crippen LogP) is 1.97. The summed E-state index contributed by atoms with van der Waals surface area (Å²) >= 11 is 2.19. The Hall–Kier alpha value is -0.780. The molecule has 1 aromatic carbocycles. The topological polar surface area (TPSA) is 35.5 Å². The van der Waals surface area contributed by atoms with E-state index in [0.717, 1.165) is 14.9 Å². The normalized spacial score (nSPS) is 9.38. The third kappa shape index (κ3) is 2.87. The van der Waals surface area contributed by atoms with Crippen molar-refractivity contribution in [2.75, 3.05) is 7.11 Å². The lowest BCUT2D eigenvalue weighted by Gasteiger charge is -2.07. The van der Waals surface area contributed by atoms with E-state index < -0.39 is 0 Å². The van der Waals surface area contributed by atoms with Gasteiger partial charge >= 0.3 is 0 Å². The molecule has 4 heteroatoms. The van der Waals surface area contributed by atoms with E-state index in [1.807, 2.05) is 18.2 Å². The number of hydrogen-bond acceptors (Lipinski definition) is 3. The predicted molar refractivity (Wildman–Crippen MR) is 56.6 cm³/mol. The van der Waals surface area contributed by atoms with E-state index in [2.05, 4.69) is 27.3 Å². The fourth-order valence-electron chi connectivity index (χ4n) is 0.984. The number of benzene rings is 1. The van der Waals surface area contributed by atoms with Gasteiger partial charge in [-0.15, -0.1) is 0 Å². The van der Waals surface area contributed by atoms with Gasteiger partial charge in [-0.1, -0.05) is 0 Å². The van der Waals surface area contributed by atoms with Gasteiger partial charge in [-0.25, -0.2) is 0 Å². The zero-order valence-electron chi connectivity index (χ0n) is 7.12. The first-order valence-corrected chi connectivity index (χ1v) is 4.73. The number of methoxy groups -OCH3 is 1. The number of rotatable bonds is 4. The zero-order valence-corrected chi connectivity index (χ0v) is 9.28. The molecule has 0 aliphatic heterocycles. The van der Waals surface area contributed by atoms with E-state index in [9.17, 15) is 4.79 Å². The molecule has 0 saturated heterocycles. The molecule has 0 aliphatic rings. The Morgan fingerprint density at radius 1 is 1.54 bits per heavy atom. The van der Waals surface area contributed by atoms with Crippen LogP contribution in [-0.4, -0.2) is 13.6 Å². The molecule has 1 rings (SSSR count). The average Bonchev–Trinajstić information content (AvgIpc) is 2.15. The van der Waals surface area contributed by atoms with Gasteiger partial charge in [0.1, 0.15) is 12.4 Å². The molecule has 3 nitrogen and oxygen atoms in total. The standard InChI is InChI=1S/C9H9IO3/c1-12-9-3-2-8(10)4-7(9)5-13-6-11/h2-4,6H,5H2,1H3. The van der Waals surface area contributed by atoms with Crippen LogP contribution < -0.4 is 4.74 Å². The summed E-state index contributed by atoms with van der Waals surface area (Å²) < 4.78 is 10.8. The maximum atomic E-state index is 10.00. The maximum absolute atomic E-state index is 10.00. The molecular formula is C9H9IO3. The molecule has 70 valence electrons. The minimum atomic E-state index is 0.253. The highest BCUT2D eigenvalue weighted by Gasteiger charge is 2.03. The molecular weight excluding hydrogens is 283 g/mol. The number of halogens is 1. The third-order valence-electron chi connectivity index (χ3n) is 1.55. The van der Waals surface area contributed by atoms with Gasteiger partial charge in [-0.05, 0) is 40.8 Å². The average molecular weight is 292 g/mol. The Balaban J connectivity index is 2.87. The summed E-state index contributed by atoms with van der Waals surface area (Å²) in [7, 11) is 1.59. The van der Waals surface area contributed by atoms with Gasteiger partial charge in [-0.2, -0.15) is 0 Å². The SMILES string of the molecule is COc1ccc(I)cc1COC=O. The van der Waals surface area contributed by atoms with Gasteiger partial charge in [0.05, 0.1) is 7.11 Å². The van der Waals surface area contributed by atoms with Crippen LogP contribution in [0, 0.1) is 3.57 Å².